The summed E-state index contributed by atoms with van der Waals surface area (Å²) in [7, 11) is 1.33. The summed E-state index contributed by atoms with van der Waals surface area (Å²) in [6, 6.07) is 0. The van der Waals surface area contributed by atoms with Crippen molar-refractivity contribution in [3.8, 4) is 0 Å². The number of amides is 1. The molecule has 0 heterocycles. The number of rotatable bonds is 6. The lowest BCUT2D eigenvalue weighted by Gasteiger charge is -2.37. The van der Waals surface area contributed by atoms with Crippen LogP contribution in [0.25, 0.3) is 0 Å². The largest absolute Gasteiger partial charge is 0.469 e. The molecule has 0 unspecified atom stereocenters. The maximum Gasteiger partial charge on any atom is 0.315 e. The SMILES string of the molecule is CCOC(=O)CC(=O)NC1(CC(=O)OC)CCCCC1. The molecule has 1 rings (SSSR count). The second-order valence-corrected chi connectivity index (χ2v) is 5.12. The number of methoxy groups -OCH3 is 1. The van der Waals surface area contributed by atoms with E-state index in [0.717, 1.165) is 32.1 Å². The Hall–Kier alpha value is -1.59. The second kappa shape index (κ2) is 7.87. The van der Waals surface area contributed by atoms with Crippen LogP contribution in [0, 0.1) is 0 Å². The molecule has 1 amide bonds. The monoisotopic (exact) mass is 285 g/mol. The highest BCUT2D eigenvalue weighted by atomic mass is 16.5. The van der Waals surface area contributed by atoms with Crippen LogP contribution in [0.3, 0.4) is 0 Å². The molecule has 1 aliphatic rings. The Morgan fingerprint density at radius 3 is 2.30 bits per heavy atom. The third-order valence-electron chi connectivity index (χ3n) is 3.54. The molecule has 0 atom stereocenters. The van der Waals surface area contributed by atoms with Gasteiger partial charge in [-0.1, -0.05) is 19.3 Å². The van der Waals surface area contributed by atoms with Gasteiger partial charge in [0, 0.05) is 0 Å². The van der Waals surface area contributed by atoms with Crippen LogP contribution < -0.4 is 5.32 Å². The minimum atomic E-state index is -0.574. The first-order valence-corrected chi connectivity index (χ1v) is 7.05. The fraction of sp³-hybridized carbons (Fsp3) is 0.786. The number of ether oxygens (including phenoxy) is 2. The van der Waals surface area contributed by atoms with Crippen LogP contribution >= 0.6 is 0 Å². The van der Waals surface area contributed by atoms with E-state index in [9.17, 15) is 14.4 Å². The fourth-order valence-electron chi connectivity index (χ4n) is 2.61. The van der Waals surface area contributed by atoms with Gasteiger partial charge in [-0.3, -0.25) is 14.4 Å². The smallest absolute Gasteiger partial charge is 0.315 e. The normalized spacial score (nSPS) is 17.1. The summed E-state index contributed by atoms with van der Waals surface area (Å²) < 4.78 is 9.44. The Bertz CT molecular complexity index is 361. The summed E-state index contributed by atoms with van der Waals surface area (Å²) >= 11 is 0. The number of carbonyl (C=O) groups excluding carboxylic acids is 3. The Labute approximate surface area is 119 Å². The van der Waals surface area contributed by atoms with Crippen LogP contribution in [0.15, 0.2) is 0 Å². The third kappa shape index (κ3) is 5.19. The minimum absolute atomic E-state index is 0.151. The molecule has 0 radical (unpaired) electrons. The lowest BCUT2D eigenvalue weighted by Crippen LogP contribution is -2.51. The first-order valence-electron chi connectivity index (χ1n) is 7.05. The van der Waals surface area contributed by atoms with Gasteiger partial charge in [0.1, 0.15) is 6.42 Å². The fourth-order valence-corrected chi connectivity index (χ4v) is 2.61. The number of nitrogens with one attached hydrogen (secondary N) is 1. The lowest BCUT2D eigenvalue weighted by atomic mass is 9.79. The Morgan fingerprint density at radius 1 is 1.10 bits per heavy atom. The Kier molecular flexibility index (Phi) is 6.48. The molecule has 0 saturated heterocycles. The summed E-state index contributed by atoms with van der Waals surface area (Å²) in [5, 5.41) is 2.85. The molecular weight excluding hydrogens is 262 g/mol. The molecule has 114 valence electrons. The van der Waals surface area contributed by atoms with Crippen LogP contribution in [0.4, 0.5) is 0 Å². The maximum atomic E-state index is 11.9. The molecule has 0 bridgehead atoms. The van der Waals surface area contributed by atoms with Crippen molar-refractivity contribution >= 4 is 17.8 Å². The first kappa shape index (κ1) is 16.5. The van der Waals surface area contributed by atoms with Crippen LogP contribution in [-0.4, -0.2) is 37.1 Å². The topological polar surface area (TPSA) is 81.7 Å². The van der Waals surface area contributed by atoms with Crippen molar-refractivity contribution < 1.29 is 23.9 Å². The summed E-state index contributed by atoms with van der Waals surface area (Å²) in [6.07, 6.45) is 4.31. The predicted molar refractivity (Wildman–Crippen MR) is 71.8 cm³/mol. The zero-order valence-electron chi connectivity index (χ0n) is 12.2. The second-order valence-electron chi connectivity index (χ2n) is 5.12. The van der Waals surface area contributed by atoms with E-state index in [1.807, 2.05) is 0 Å². The minimum Gasteiger partial charge on any atom is -0.469 e. The van der Waals surface area contributed by atoms with Crippen molar-refractivity contribution in [2.75, 3.05) is 13.7 Å². The number of hydrogen-bond donors (Lipinski definition) is 1. The standard InChI is InChI=1S/C14H23NO5/c1-3-20-12(17)9-11(16)15-14(10-13(18)19-2)7-5-4-6-8-14/h3-10H2,1-2H3,(H,15,16). The van der Waals surface area contributed by atoms with E-state index in [0.29, 0.717) is 0 Å². The lowest BCUT2D eigenvalue weighted by molar-refractivity contribution is -0.146. The van der Waals surface area contributed by atoms with Crippen LogP contribution in [0.1, 0.15) is 51.9 Å². The van der Waals surface area contributed by atoms with Crippen molar-refractivity contribution in [2.24, 2.45) is 0 Å². The Morgan fingerprint density at radius 2 is 1.75 bits per heavy atom. The molecule has 0 aromatic heterocycles. The maximum absolute atomic E-state index is 11.9. The van der Waals surface area contributed by atoms with Gasteiger partial charge in [0.2, 0.25) is 5.91 Å². The Balaban J connectivity index is 2.62. The molecule has 0 spiro atoms. The molecule has 1 aliphatic carbocycles. The van der Waals surface area contributed by atoms with Gasteiger partial charge in [-0.2, -0.15) is 0 Å². The van der Waals surface area contributed by atoms with Gasteiger partial charge in [-0.05, 0) is 19.8 Å². The highest BCUT2D eigenvalue weighted by molar-refractivity contribution is 5.94. The van der Waals surface area contributed by atoms with Crippen molar-refractivity contribution in [1.82, 2.24) is 5.32 Å². The highest BCUT2D eigenvalue weighted by Gasteiger charge is 2.36. The van der Waals surface area contributed by atoms with Crippen molar-refractivity contribution in [2.45, 2.75) is 57.4 Å². The molecule has 1 saturated carbocycles. The van der Waals surface area contributed by atoms with Gasteiger partial charge in [0.25, 0.3) is 0 Å². The number of hydrogen-bond acceptors (Lipinski definition) is 5. The molecule has 0 aromatic rings. The quantitative estimate of drug-likeness (QED) is 0.588. The van der Waals surface area contributed by atoms with Gasteiger partial charge in [-0.15, -0.1) is 0 Å². The third-order valence-corrected chi connectivity index (χ3v) is 3.54. The first-order chi connectivity index (χ1) is 9.51. The van der Waals surface area contributed by atoms with E-state index in [4.69, 9.17) is 9.47 Å². The van der Waals surface area contributed by atoms with E-state index < -0.39 is 17.4 Å². The summed E-state index contributed by atoms with van der Waals surface area (Å²) in [4.78, 5) is 34.7. The molecule has 6 heteroatoms. The van der Waals surface area contributed by atoms with Gasteiger partial charge < -0.3 is 14.8 Å². The molecule has 0 aromatic carbocycles. The van der Waals surface area contributed by atoms with Gasteiger partial charge in [-0.25, -0.2) is 0 Å². The van der Waals surface area contributed by atoms with Crippen LogP contribution in [-0.2, 0) is 23.9 Å². The van der Waals surface area contributed by atoms with Gasteiger partial charge in [0.05, 0.1) is 25.7 Å². The molecule has 0 aliphatic heterocycles. The zero-order valence-corrected chi connectivity index (χ0v) is 12.2. The predicted octanol–water partition coefficient (Wildman–Crippen LogP) is 1.32. The molecule has 1 N–H and O–H groups in total. The average Bonchev–Trinajstić information content (AvgIpc) is 2.39. The van der Waals surface area contributed by atoms with E-state index in [2.05, 4.69) is 5.32 Å². The highest BCUT2D eigenvalue weighted by Crippen LogP contribution is 2.31. The van der Waals surface area contributed by atoms with Crippen molar-refractivity contribution in [3.63, 3.8) is 0 Å². The van der Waals surface area contributed by atoms with Crippen molar-refractivity contribution in [3.05, 3.63) is 0 Å². The zero-order chi connectivity index (χ0) is 15.0. The van der Waals surface area contributed by atoms with Gasteiger partial charge in [0.15, 0.2) is 0 Å². The summed E-state index contributed by atoms with van der Waals surface area (Å²) in [5.74, 6) is -1.29. The summed E-state index contributed by atoms with van der Waals surface area (Å²) in [5.41, 5.74) is -0.574. The average molecular weight is 285 g/mol. The van der Waals surface area contributed by atoms with E-state index in [1.54, 1.807) is 6.92 Å². The number of esters is 2. The van der Waals surface area contributed by atoms with Crippen LogP contribution in [0.5, 0.6) is 0 Å². The molecule has 1 fully saturated rings. The van der Waals surface area contributed by atoms with E-state index in [-0.39, 0.29) is 25.4 Å². The van der Waals surface area contributed by atoms with Gasteiger partial charge >= 0.3 is 11.9 Å². The van der Waals surface area contributed by atoms with E-state index in [1.165, 1.54) is 7.11 Å². The summed E-state index contributed by atoms with van der Waals surface area (Å²) in [6.45, 7) is 1.94. The molecular formula is C14H23NO5. The number of carbonyl (C=O) groups is 3. The van der Waals surface area contributed by atoms with Crippen molar-refractivity contribution in [1.29, 1.82) is 0 Å². The van der Waals surface area contributed by atoms with Crippen LogP contribution in [0.2, 0.25) is 0 Å². The molecule has 20 heavy (non-hydrogen) atoms. The van der Waals surface area contributed by atoms with E-state index >= 15 is 0 Å². The molecule has 6 nitrogen and oxygen atoms in total.